The standard InChI is InChI=1S/C63H44N2O/c1-63(2)56-17-9-6-14-51(56)52-37-28-46(40-57(52)63)45-26-33-49(34-27-45)64(47-29-20-42(21-30-47)41-12-4-3-5-13-41)48-31-22-43(23-32-48)44-24-35-50(36-25-44)65-58-18-10-7-15-53(58)54-38-39-60-61(62(54)65)55-16-8-11-19-59(55)66-60/h3-40H,1-2H3. The Morgan fingerprint density at radius 3 is 1.58 bits per heavy atom. The minimum absolute atomic E-state index is 0.0471. The predicted octanol–water partition coefficient (Wildman–Crippen LogP) is 17.5. The van der Waals surface area contributed by atoms with Gasteiger partial charge in [-0.25, -0.2) is 0 Å². The quantitative estimate of drug-likeness (QED) is 0.159. The summed E-state index contributed by atoms with van der Waals surface area (Å²) in [6.45, 7) is 4.69. The molecule has 13 rings (SSSR count). The third kappa shape index (κ3) is 5.97. The number of furan rings is 1. The number of hydrogen-bond acceptors (Lipinski definition) is 2. The van der Waals surface area contributed by atoms with Gasteiger partial charge in [-0.1, -0.05) is 166 Å². The number of para-hydroxylation sites is 2. The smallest absolute Gasteiger partial charge is 0.137 e. The van der Waals surface area contributed by atoms with Crippen molar-refractivity contribution in [2.45, 2.75) is 19.3 Å². The maximum atomic E-state index is 6.37. The fraction of sp³-hybridized carbons (Fsp3) is 0.0476. The molecule has 0 bridgehead atoms. The van der Waals surface area contributed by atoms with Crippen LogP contribution in [0.4, 0.5) is 17.1 Å². The zero-order valence-corrected chi connectivity index (χ0v) is 36.7. The lowest BCUT2D eigenvalue weighted by atomic mass is 9.81. The van der Waals surface area contributed by atoms with Crippen molar-refractivity contribution < 1.29 is 4.42 Å². The molecule has 0 unspecified atom stereocenters. The highest BCUT2D eigenvalue weighted by atomic mass is 16.3. The molecule has 0 fully saturated rings. The zero-order chi connectivity index (χ0) is 43.9. The summed E-state index contributed by atoms with van der Waals surface area (Å²) in [5, 5.41) is 4.72. The van der Waals surface area contributed by atoms with Gasteiger partial charge in [-0.3, -0.25) is 0 Å². The average Bonchev–Trinajstić information content (AvgIpc) is 4.00. The van der Waals surface area contributed by atoms with Crippen molar-refractivity contribution in [3.63, 3.8) is 0 Å². The second-order valence-electron chi connectivity index (χ2n) is 18.1. The number of rotatable bonds is 7. The Hall–Kier alpha value is -8.40. The molecule has 0 N–H and O–H groups in total. The molecule has 3 heteroatoms. The van der Waals surface area contributed by atoms with Crippen LogP contribution in [0.15, 0.2) is 235 Å². The Balaban J connectivity index is 0.854. The normalized spacial score (nSPS) is 12.8. The van der Waals surface area contributed by atoms with Gasteiger partial charge in [0.05, 0.1) is 16.4 Å². The van der Waals surface area contributed by atoms with E-state index in [2.05, 4.69) is 248 Å². The molecule has 0 spiro atoms. The van der Waals surface area contributed by atoms with E-state index in [0.29, 0.717) is 0 Å². The number of nitrogens with zero attached hydrogens (tertiary/aromatic N) is 2. The van der Waals surface area contributed by atoms with Crippen molar-refractivity contribution in [3.8, 4) is 50.2 Å². The summed E-state index contributed by atoms with van der Waals surface area (Å²) in [5.41, 5.74) is 21.1. The lowest BCUT2D eigenvalue weighted by Crippen LogP contribution is -2.14. The van der Waals surface area contributed by atoms with E-state index in [4.69, 9.17) is 4.42 Å². The largest absolute Gasteiger partial charge is 0.456 e. The molecule has 66 heavy (non-hydrogen) atoms. The van der Waals surface area contributed by atoms with Crippen LogP contribution in [0, 0.1) is 0 Å². The third-order valence-corrected chi connectivity index (χ3v) is 14.0. The van der Waals surface area contributed by atoms with Crippen molar-refractivity contribution in [2.24, 2.45) is 0 Å². The highest BCUT2D eigenvalue weighted by molar-refractivity contribution is 6.24. The van der Waals surface area contributed by atoms with Crippen molar-refractivity contribution in [2.75, 3.05) is 4.90 Å². The van der Waals surface area contributed by atoms with Gasteiger partial charge in [-0.15, -0.1) is 0 Å². The summed E-state index contributed by atoms with van der Waals surface area (Å²) in [5.74, 6) is 0. The van der Waals surface area contributed by atoms with E-state index in [-0.39, 0.29) is 5.41 Å². The number of hydrogen-bond donors (Lipinski definition) is 0. The average molecular weight is 845 g/mol. The molecule has 2 aromatic heterocycles. The first-order valence-corrected chi connectivity index (χ1v) is 22.8. The van der Waals surface area contributed by atoms with Crippen molar-refractivity contribution >= 4 is 60.8 Å². The number of benzene rings is 10. The van der Waals surface area contributed by atoms with Crippen LogP contribution in [0.3, 0.4) is 0 Å². The van der Waals surface area contributed by atoms with Crippen molar-refractivity contribution in [1.29, 1.82) is 0 Å². The van der Waals surface area contributed by atoms with Gasteiger partial charge in [0.2, 0.25) is 0 Å². The topological polar surface area (TPSA) is 21.3 Å². The molecule has 1 aliphatic carbocycles. The van der Waals surface area contributed by atoms with E-state index in [1.54, 1.807) is 0 Å². The van der Waals surface area contributed by atoms with Gasteiger partial charge >= 0.3 is 0 Å². The van der Waals surface area contributed by atoms with Gasteiger partial charge in [0.15, 0.2) is 0 Å². The Morgan fingerprint density at radius 1 is 0.379 bits per heavy atom. The maximum Gasteiger partial charge on any atom is 0.137 e. The van der Waals surface area contributed by atoms with E-state index < -0.39 is 0 Å². The lowest BCUT2D eigenvalue weighted by molar-refractivity contribution is 0.660. The fourth-order valence-electron chi connectivity index (χ4n) is 10.7. The first kappa shape index (κ1) is 38.1. The van der Waals surface area contributed by atoms with Crippen molar-refractivity contribution in [1.82, 2.24) is 4.57 Å². The number of fused-ring (bicyclic) bond motifs is 10. The molecule has 2 heterocycles. The SMILES string of the molecule is CC1(C)c2ccccc2-c2ccc(-c3ccc(N(c4ccc(-c5ccccc5)cc4)c4ccc(-c5ccc(-n6c7ccccc7c7ccc8oc9ccccc9c8c76)cc5)cc4)cc3)cc21. The number of anilines is 3. The summed E-state index contributed by atoms with van der Waals surface area (Å²) in [7, 11) is 0. The van der Waals surface area contributed by atoms with E-state index in [9.17, 15) is 0 Å². The summed E-state index contributed by atoms with van der Waals surface area (Å²) < 4.78 is 8.77. The fourth-order valence-corrected chi connectivity index (χ4v) is 10.7. The minimum atomic E-state index is -0.0471. The van der Waals surface area contributed by atoms with Gasteiger partial charge in [0, 0.05) is 44.3 Å². The molecule has 0 atom stereocenters. The molecule has 0 saturated heterocycles. The molecule has 1 aliphatic rings. The van der Waals surface area contributed by atoms with Gasteiger partial charge in [0.1, 0.15) is 11.2 Å². The van der Waals surface area contributed by atoms with Gasteiger partial charge in [-0.05, 0) is 134 Å². The number of aromatic nitrogens is 1. The molecular weight excluding hydrogens is 801 g/mol. The van der Waals surface area contributed by atoms with Crippen LogP contribution in [0.1, 0.15) is 25.0 Å². The molecule has 3 nitrogen and oxygen atoms in total. The van der Waals surface area contributed by atoms with E-state index >= 15 is 0 Å². The molecule has 10 aromatic carbocycles. The van der Waals surface area contributed by atoms with Gasteiger partial charge < -0.3 is 13.9 Å². The van der Waals surface area contributed by atoms with Crippen molar-refractivity contribution in [3.05, 3.63) is 242 Å². The first-order valence-electron chi connectivity index (χ1n) is 22.8. The molecule has 0 saturated carbocycles. The maximum absolute atomic E-state index is 6.37. The van der Waals surface area contributed by atoms with Crippen LogP contribution in [-0.4, -0.2) is 4.57 Å². The Labute approximate surface area is 384 Å². The van der Waals surface area contributed by atoms with E-state index in [0.717, 1.165) is 55.8 Å². The third-order valence-electron chi connectivity index (χ3n) is 14.0. The first-order chi connectivity index (χ1) is 32.5. The second kappa shape index (κ2) is 14.8. The molecule has 312 valence electrons. The summed E-state index contributed by atoms with van der Waals surface area (Å²) in [6.07, 6.45) is 0. The lowest BCUT2D eigenvalue weighted by Gasteiger charge is -2.26. The Morgan fingerprint density at radius 2 is 0.894 bits per heavy atom. The molecule has 0 amide bonds. The van der Waals surface area contributed by atoms with E-state index in [1.165, 1.54) is 66.3 Å². The summed E-state index contributed by atoms with van der Waals surface area (Å²) in [6, 6.07) is 83.7. The summed E-state index contributed by atoms with van der Waals surface area (Å²) >= 11 is 0. The van der Waals surface area contributed by atoms with Crippen LogP contribution >= 0.6 is 0 Å². The Kier molecular flexibility index (Phi) is 8.56. The van der Waals surface area contributed by atoms with E-state index in [1.807, 2.05) is 6.07 Å². The van der Waals surface area contributed by atoms with Crippen LogP contribution < -0.4 is 4.90 Å². The molecule has 0 radical (unpaired) electrons. The van der Waals surface area contributed by atoms with Crippen LogP contribution in [0.2, 0.25) is 0 Å². The zero-order valence-electron chi connectivity index (χ0n) is 36.7. The molecule has 12 aromatic rings. The highest BCUT2D eigenvalue weighted by Crippen LogP contribution is 2.50. The van der Waals surface area contributed by atoms with Crippen LogP contribution in [-0.2, 0) is 5.41 Å². The summed E-state index contributed by atoms with van der Waals surface area (Å²) in [4.78, 5) is 2.36. The Bertz CT molecular complexity index is 3800. The predicted molar refractivity (Wildman–Crippen MR) is 277 cm³/mol. The molecular formula is C63H44N2O. The monoisotopic (exact) mass is 844 g/mol. The second-order valence-corrected chi connectivity index (χ2v) is 18.1. The van der Waals surface area contributed by atoms with Gasteiger partial charge in [-0.2, -0.15) is 0 Å². The van der Waals surface area contributed by atoms with Crippen LogP contribution in [0.5, 0.6) is 0 Å². The van der Waals surface area contributed by atoms with Crippen LogP contribution in [0.25, 0.3) is 93.9 Å². The highest BCUT2D eigenvalue weighted by Gasteiger charge is 2.35. The minimum Gasteiger partial charge on any atom is -0.456 e. The van der Waals surface area contributed by atoms with Gasteiger partial charge in [0.25, 0.3) is 0 Å². The molecule has 0 aliphatic heterocycles.